The molecule has 4 nitrogen and oxygen atoms in total. The predicted molar refractivity (Wildman–Crippen MR) is 98.8 cm³/mol. The first kappa shape index (κ1) is 23.4. The van der Waals surface area contributed by atoms with Crippen molar-refractivity contribution in [2.45, 2.75) is 91.1 Å². The Morgan fingerprint density at radius 1 is 0.708 bits per heavy atom. The fourth-order valence-electron chi connectivity index (χ4n) is 2.03. The van der Waals surface area contributed by atoms with Crippen LogP contribution in [0.4, 0.5) is 0 Å². The van der Waals surface area contributed by atoms with E-state index in [4.69, 9.17) is 25.4 Å². The van der Waals surface area contributed by atoms with Crippen LogP contribution in [-0.2, 0) is 18.9 Å². The Kier molecular flexibility index (Phi) is 15.5. The number of hydrogen-bond donors (Lipinski definition) is 0. The minimum Gasteiger partial charge on any atom is -0.357 e. The molecule has 0 saturated heterocycles. The van der Waals surface area contributed by atoms with Gasteiger partial charge in [0.2, 0.25) is 0 Å². The molecule has 0 aliphatic carbocycles. The average molecular weight is 343 g/mol. The molecule has 0 saturated carbocycles. The molecule has 0 fully saturated rings. The Morgan fingerprint density at radius 2 is 1.08 bits per heavy atom. The van der Waals surface area contributed by atoms with E-state index in [-0.39, 0.29) is 0 Å². The summed E-state index contributed by atoms with van der Waals surface area (Å²) in [4.78, 5) is 0. The van der Waals surface area contributed by atoms with Crippen LogP contribution >= 0.6 is 0 Å². The van der Waals surface area contributed by atoms with Crippen LogP contribution < -0.4 is 0 Å². The van der Waals surface area contributed by atoms with E-state index in [1.165, 1.54) is 0 Å². The molecule has 24 heavy (non-hydrogen) atoms. The first-order valence-corrected chi connectivity index (χ1v) is 9.70. The molecule has 142 valence electrons. The van der Waals surface area contributed by atoms with E-state index < -0.39 is 12.1 Å². The van der Waals surface area contributed by atoms with Gasteiger partial charge in [0.1, 0.15) is 0 Å². The highest BCUT2D eigenvalue weighted by Crippen LogP contribution is 2.25. The molecule has 0 rings (SSSR count). The monoisotopic (exact) mass is 342 g/mol. The predicted octanol–water partition coefficient (Wildman–Crippen LogP) is 4.91. The number of unbranched alkanes of at least 4 members (excludes halogenated alkanes) is 4. The highest BCUT2D eigenvalue weighted by Gasteiger charge is 2.43. The Hall–Kier alpha value is -0.600. The summed E-state index contributed by atoms with van der Waals surface area (Å²) in [5.74, 6) is 1.40. The second-order valence-corrected chi connectivity index (χ2v) is 5.98. The van der Waals surface area contributed by atoms with Crippen LogP contribution in [0, 0.1) is 12.3 Å². The first-order chi connectivity index (χ1) is 11.7. The van der Waals surface area contributed by atoms with Gasteiger partial charge in [-0.15, -0.1) is 6.42 Å². The summed E-state index contributed by atoms with van der Waals surface area (Å²) in [6.45, 7) is 10.7. The summed E-state index contributed by atoms with van der Waals surface area (Å²) in [5, 5.41) is 0. The number of hydrogen-bond acceptors (Lipinski definition) is 4. The lowest BCUT2D eigenvalue weighted by molar-refractivity contribution is -0.409. The second-order valence-electron chi connectivity index (χ2n) is 5.98. The highest BCUT2D eigenvalue weighted by molar-refractivity contribution is 5.00. The van der Waals surface area contributed by atoms with E-state index in [9.17, 15) is 0 Å². The molecule has 0 N–H and O–H groups in total. The molecule has 0 aliphatic heterocycles. The highest BCUT2D eigenvalue weighted by atomic mass is 16.9. The molecule has 0 aliphatic rings. The van der Waals surface area contributed by atoms with E-state index in [1.54, 1.807) is 0 Å². The Balaban J connectivity index is 5.09. The molecule has 0 aromatic heterocycles. The molecular formula is C20H38O4. The summed E-state index contributed by atoms with van der Waals surface area (Å²) in [6.07, 6.45) is 13.0. The second kappa shape index (κ2) is 15.9. The Labute approximate surface area is 149 Å². The van der Waals surface area contributed by atoms with Crippen LogP contribution in [0.1, 0.15) is 79.1 Å². The minimum absolute atomic E-state index is 0.546. The molecule has 1 unspecified atom stereocenters. The standard InChI is InChI=1S/C20H38O4/c1-6-11-15-21-19(10-5)20(22-16-12-7-2,23-17-13-8-3)24-18-14-9-4/h5,19H,6-9,11-18H2,1-4H3. The largest absolute Gasteiger partial charge is 0.357 e. The van der Waals surface area contributed by atoms with E-state index in [0.29, 0.717) is 26.4 Å². The zero-order chi connectivity index (χ0) is 18.1. The van der Waals surface area contributed by atoms with Crippen molar-refractivity contribution in [1.82, 2.24) is 0 Å². The van der Waals surface area contributed by atoms with Crippen molar-refractivity contribution < 1.29 is 18.9 Å². The third kappa shape index (κ3) is 9.64. The van der Waals surface area contributed by atoms with Gasteiger partial charge < -0.3 is 18.9 Å². The van der Waals surface area contributed by atoms with Gasteiger partial charge in [0, 0.05) is 6.61 Å². The molecule has 4 heteroatoms. The Morgan fingerprint density at radius 3 is 1.42 bits per heavy atom. The molecule has 0 amide bonds. The fourth-order valence-corrected chi connectivity index (χ4v) is 2.03. The van der Waals surface area contributed by atoms with Gasteiger partial charge in [-0.2, -0.15) is 0 Å². The smallest absolute Gasteiger partial charge is 0.322 e. The molecule has 0 bridgehead atoms. The van der Waals surface area contributed by atoms with E-state index >= 15 is 0 Å². The molecule has 0 aromatic carbocycles. The third-order valence-electron chi connectivity index (χ3n) is 3.66. The molecule has 1 atom stereocenters. The molecular weight excluding hydrogens is 304 g/mol. The maximum Gasteiger partial charge on any atom is 0.322 e. The van der Waals surface area contributed by atoms with E-state index in [0.717, 1.165) is 51.4 Å². The van der Waals surface area contributed by atoms with Crippen LogP contribution in [0.15, 0.2) is 0 Å². The topological polar surface area (TPSA) is 36.9 Å². The first-order valence-electron chi connectivity index (χ1n) is 9.70. The minimum atomic E-state index is -1.29. The number of ether oxygens (including phenoxy) is 4. The average Bonchev–Trinajstić information content (AvgIpc) is 2.59. The lowest BCUT2D eigenvalue weighted by Gasteiger charge is -2.37. The van der Waals surface area contributed by atoms with Gasteiger partial charge in [-0.25, -0.2) is 0 Å². The molecule has 0 radical (unpaired) electrons. The summed E-state index contributed by atoms with van der Waals surface area (Å²) < 4.78 is 24.0. The number of terminal acetylenes is 1. The van der Waals surface area contributed by atoms with Crippen LogP contribution in [-0.4, -0.2) is 38.5 Å². The van der Waals surface area contributed by atoms with Gasteiger partial charge in [0.25, 0.3) is 0 Å². The maximum atomic E-state index is 6.04. The van der Waals surface area contributed by atoms with E-state index in [1.807, 2.05) is 0 Å². The van der Waals surface area contributed by atoms with Crippen LogP contribution in [0.5, 0.6) is 0 Å². The van der Waals surface area contributed by atoms with Gasteiger partial charge in [-0.05, 0) is 25.7 Å². The molecule has 0 heterocycles. The van der Waals surface area contributed by atoms with Crippen molar-refractivity contribution in [3.05, 3.63) is 0 Å². The van der Waals surface area contributed by atoms with Gasteiger partial charge in [-0.1, -0.05) is 59.3 Å². The third-order valence-corrected chi connectivity index (χ3v) is 3.66. The van der Waals surface area contributed by atoms with Crippen molar-refractivity contribution in [2.75, 3.05) is 26.4 Å². The van der Waals surface area contributed by atoms with Crippen LogP contribution in [0.3, 0.4) is 0 Å². The van der Waals surface area contributed by atoms with Crippen molar-refractivity contribution in [3.8, 4) is 12.3 Å². The number of rotatable bonds is 17. The van der Waals surface area contributed by atoms with Crippen molar-refractivity contribution in [2.24, 2.45) is 0 Å². The van der Waals surface area contributed by atoms with Crippen molar-refractivity contribution >= 4 is 0 Å². The van der Waals surface area contributed by atoms with E-state index in [2.05, 4.69) is 33.6 Å². The van der Waals surface area contributed by atoms with Gasteiger partial charge in [0.15, 0.2) is 6.10 Å². The summed E-state index contributed by atoms with van der Waals surface area (Å²) in [7, 11) is 0. The Bertz CT molecular complexity index is 285. The van der Waals surface area contributed by atoms with Crippen molar-refractivity contribution in [3.63, 3.8) is 0 Å². The summed E-state index contributed by atoms with van der Waals surface area (Å²) in [5.41, 5.74) is 0. The molecule has 0 aromatic rings. The fraction of sp³-hybridized carbons (Fsp3) is 0.900. The van der Waals surface area contributed by atoms with Crippen LogP contribution in [0.2, 0.25) is 0 Å². The zero-order valence-electron chi connectivity index (χ0n) is 16.3. The summed E-state index contributed by atoms with van der Waals surface area (Å²) in [6, 6.07) is 0. The lowest BCUT2D eigenvalue weighted by Crippen LogP contribution is -2.51. The van der Waals surface area contributed by atoms with Crippen LogP contribution in [0.25, 0.3) is 0 Å². The van der Waals surface area contributed by atoms with Gasteiger partial charge >= 0.3 is 5.97 Å². The summed E-state index contributed by atoms with van der Waals surface area (Å²) >= 11 is 0. The maximum absolute atomic E-state index is 6.04. The van der Waals surface area contributed by atoms with Gasteiger partial charge in [-0.3, -0.25) is 0 Å². The van der Waals surface area contributed by atoms with Gasteiger partial charge in [0.05, 0.1) is 19.8 Å². The quantitative estimate of drug-likeness (QED) is 0.214. The molecule has 0 spiro atoms. The SMILES string of the molecule is C#CC(OCCCC)C(OCCCC)(OCCCC)OCCCC. The van der Waals surface area contributed by atoms with Crippen molar-refractivity contribution in [1.29, 1.82) is 0 Å². The normalized spacial score (nSPS) is 13.0. The zero-order valence-corrected chi connectivity index (χ0v) is 16.3. The lowest BCUT2D eigenvalue weighted by atomic mass is 10.2.